The fraction of sp³-hybridized carbons (Fsp3) is 0.273. The third-order valence-corrected chi connectivity index (χ3v) is 4.61. The fourth-order valence-corrected chi connectivity index (χ4v) is 3.48. The lowest BCUT2D eigenvalue weighted by Crippen LogP contribution is -1.98. The van der Waals surface area contributed by atoms with Crippen molar-refractivity contribution >= 4 is 46.6 Å². The summed E-state index contributed by atoms with van der Waals surface area (Å²) in [6, 6.07) is 4.41. The number of benzene rings is 1. The molecular weight excluding hydrogens is 294 g/mol. The second-order valence-corrected chi connectivity index (χ2v) is 5.89. The maximum atomic E-state index is 11.1. The number of rotatable bonds is 3. The third-order valence-electron chi connectivity index (χ3n) is 2.24. The van der Waals surface area contributed by atoms with Crippen LogP contribution in [0.25, 0.3) is 0 Å². The van der Waals surface area contributed by atoms with Crippen molar-refractivity contribution in [1.82, 2.24) is 0 Å². The summed E-state index contributed by atoms with van der Waals surface area (Å²) in [4.78, 5) is 15.3. The molecule has 0 saturated carbocycles. The normalized spacial score (nSPS) is 15.7. The SMILES string of the molecule is Cl.O=C[C@@H](SC1=NCCS1)c1ccc(O)c(O)c1. The van der Waals surface area contributed by atoms with Crippen LogP contribution in [0.3, 0.4) is 0 Å². The third kappa shape index (κ3) is 3.57. The highest BCUT2D eigenvalue weighted by atomic mass is 35.5. The first-order chi connectivity index (χ1) is 8.20. The van der Waals surface area contributed by atoms with Crippen molar-refractivity contribution in [3.8, 4) is 11.5 Å². The average molecular weight is 306 g/mol. The summed E-state index contributed by atoms with van der Waals surface area (Å²) in [5.74, 6) is 0.557. The van der Waals surface area contributed by atoms with E-state index in [0.717, 1.165) is 23.0 Å². The zero-order valence-electron chi connectivity index (χ0n) is 9.28. The first-order valence-corrected chi connectivity index (χ1v) is 6.88. The summed E-state index contributed by atoms with van der Waals surface area (Å²) < 4.78 is 0.898. The molecule has 0 spiro atoms. The minimum absolute atomic E-state index is 0. The molecule has 0 aliphatic carbocycles. The van der Waals surface area contributed by atoms with E-state index in [1.807, 2.05) is 0 Å². The monoisotopic (exact) mass is 305 g/mol. The van der Waals surface area contributed by atoms with Gasteiger partial charge in [-0.25, -0.2) is 0 Å². The number of nitrogens with zero attached hydrogens (tertiary/aromatic N) is 1. The maximum Gasteiger partial charge on any atom is 0.157 e. The van der Waals surface area contributed by atoms with Crippen molar-refractivity contribution in [1.29, 1.82) is 0 Å². The molecule has 0 amide bonds. The lowest BCUT2D eigenvalue weighted by Gasteiger charge is -2.10. The minimum atomic E-state index is -0.397. The van der Waals surface area contributed by atoms with Gasteiger partial charge in [0, 0.05) is 5.75 Å². The van der Waals surface area contributed by atoms with Crippen LogP contribution in [0.1, 0.15) is 10.8 Å². The Kier molecular flexibility index (Phi) is 5.84. The molecule has 4 nitrogen and oxygen atoms in total. The Morgan fingerprint density at radius 1 is 1.39 bits per heavy atom. The molecule has 0 saturated heterocycles. The Hall–Kier alpha value is -0.850. The van der Waals surface area contributed by atoms with E-state index in [-0.39, 0.29) is 23.9 Å². The molecule has 0 aromatic heterocycles. The molecule has 2 rings (SSSR count). The van der Waals surface area contributed by atoms with E-state index in [9.17, 15) is 15.0 Å². The van der Waals surface area contributed by atoms with Crippen molar-refractivity contribution in [3.05, 3.63) is 23.8 Å². The van der Waals surface area contributed by atoms with Crippen LogP contribution in [-0.2, 0) is 4.79 Å². The number of halogens is 1. The second-order valence-electron chi connectivity index (χ2n) is 3.42. The van der Waals surface area contributed by atoms with E-state index >= 15 is 0 Å². The number of aliphatic imine (C=N–C) groups is 1. The molecule has 2 N–H and O–H groups in total. The van der Waals surface area contributed by atoms with E-state index in [1.165, 1.54) is 23.9 Å². The number of phenols is 2. The van der Waals surface area contributed by atoms with Crippen LogP contribution in [0.4, 0.5) is 0 Å². The van der Waals surface area contributed by atoms with Crippen molar-refractivity contribution in [2.45, 2.75) is 5.25 Å². The van der Waals surface area contributed by atoms with Crippen LogP contribution in [0.5, 0.6) is 11.5 Å². The van der Waals surface area contributed by atoms with Gasteiger partial charge in [-0.1, -0.05) is 29.6 Å². The van der Waals surface area contributed by atoms with Crippen molar-refractivity contribution in [3.63, 3.8) is 0 Å². The van der Waals surface area contributed by atoms with Crippen LogP contribution < -0.4 is 0 Å². The van der Waals surface area contributed by atoms with Gasteiger partial charge in [-0.05, 0) is 17.7 Å². The predicted octanol–water partition coefficient (Wildman–Crippen LogP) is 2.60. The highest BCUT2D eigenvalue weighted by Gasteiger charge is 2.18. The van der Waals surface area contributed by atoms with Gasteiger partial charge in [0.1, 0.15) is 10.7 Å². The number of hydrogen-bond acceptors (Lipinski definition) is 6. The molecule has 1 aliphatic heterocycles. The Bertz CT molecular complexity index is 468. The lowest BCUT2D eigenvalue weighted by molar-refractivity contribution is -0.107. The number of hydrogen-bond donors (Lipinski definition) is 2. The fourth-order valence-electron chi connectivity index (χ4n) is 1.39. The van der Waals surface area contributed by atoms with E-state index in [2.05, 4.69) is 4.99 Å². The van der Waals surface area contributed by atoms with Gasteiger partial charge < -0.3 is 15.0 Å². The van der Waals surface area contributed by atoms with Gasteiger partial charge in [-0.2, -0.15) is 0 Å². The number of phenolic OH excluding ortho intramolecular Hbond substituents is 2. The van der Waals surface area contributed by atoms with Gasteiger partial charge in [0.2, 0.25) is 0 Å². The molecular formula is C11H12ClNO3S2. The number of aromatic hydroxyl groups is 2. The van der Waals surface area contributed by atoms with Crippen molar-refractivity contribution < 1.29 is 15.0 Å². The highest BCUT2D eigenvalue weighted by molar-refractivity contribution is 8.39. The largest absolute Gasteiger partial charge is 0.504 e. The molecule has 0 radical (unpaired) electrons. The van der Waals surface area contributed by atoms with Gasteiger partial charge >= 0.3 is 0 Å². The number of thioether (sulfide) groups is 2. The smallest absolute Gasteiger partial charge is 0.157 e. The molecule has 0 fully saturated rings. The lowest BCUT2D eigenvalue weighted by atomic mass is 10.1. The molecule has 0 unspecified atom stereocenters. The number of carbonyl (C=O) groups excluding carboxylic acids is 1. The molecule has 1 atom stereocenters. The standard InChI is InChI=1S/C11H11NO3S2.ClH/c13-6-10(17-11-12-3-4-16-11)7-1-2-8(14)9(15)5-7;/h1-2,5-6,10,14-15H,3-4H2;1H/t10-;/m1./s1. The van der Waals surface area contributed by atoms with Crippen LogP contribution in [0, 0.1) is 0 Å². The van der Waals surface area contributed by atoms with Crippen molar-refractivity contribution in [2.75, 3.05) is 12.3 Å². The second kappa shape index (κ2) is 6.92. The number of aldehydes is 1. The summed E-state index contributed by atoms with van der Waals surface area (Å²) in [6.45, 7) is 0.791. The Morgan fingerprint density at radius 2 is 2.17 bits per heavy atom. The summed E-state index contributed by atoms with van der Waals surface area (Å²) in [5, 5.41) is 18.2. The molecule has 1 heterocycles. The van der Waals surface area contributed by atoms with Gasteiger partial charge in [0.25, 0.3) is 0 Å². The van der Waals surface area contributed by atoms with E-state index < -0.39 is 5.25 Å². The molecule has 7 heteroatoms. The van der Waals surface area contributed by atoms with Gasteiger partial charge in [-0.3, -0.25) is 4.99 Å². The van der Waals surface area contributed by atoms with Gasteiger partial charge in [0.15, 0.2) is 11.5 Å². The predicted molar refractivity (Wildman–Crippen MR) is 78.2 cm³/mol. The number of carbonyl (C=O) groups is 1. The van der Waals surface area contributed by atoms with E-state index in [1.54, 1.807) is 17.8 Å². The maximum absolute atomic E-state index is 11.1. The molecule has 98 valence electrons. The Labute approximate surface area is 119 Å². The molecule has 1 aromatic rings. The van der Waals surface area contributed by atoms with E-state index in [0.29, 0.717) is 5.56 Å². The minimum Gasteiger partial charge on any atom is -0.504 e. The summed E-state index contributed by atoms with van der Waals surface area (Å²) >= 11 is 3.00. The van der Waals surface area contributed by atoms with E-state index in [4.69, 9.17) is 0 Å². The average Bonchev–Trinajstić information content (AvgIpc) is 2.82. The molecule has 1 aromatic carbocycles. The van der Waals surface area contributed by atoms with Crippen LogP contribution in [-0.4, -0.2) is 33.2 Å². The zero-order chi connectivity index (χ0) is 12.3. The Morgan fingerprint density at radius 3 is 2.72 bits per heavy atom. The first kappa shape index (κ1) is 15.2. The Balaban J connectivity index is 0.00000162. The summed E-state index contributed by atoms with van der Waals surface area (Å²) in [7, 11) is 0. The molecule has 0 bridgehead atoms. The van der Waals surface area contributed by atoms with Crippen LogP contribution >= 0.6 is 35.9 Å². The van der Waals surface area contributed by atoms with Gasteiger partial charge in [-0.15, -0.1) is 12.4 Å². The quantitative estimate of drug-likeness (QED) is 0.663. The summed E-state index contributed by atoms with van der Waals surface area (Å²) in [6.07, 6.45) is 0.817. The van der Waals surface area contributed by atoms with Crippen LogP contribution in [0.2, 0.25) is 0 Å². The molecule has 1 aliphatic rings. The first-order valence-electron chi connectivity index (χ1n) is 5.02. The topological polar surface area (TPSA) is 69.9 Å². The summed E-state index contributed by atoms with van der Waals surface area (Å²) in [5.41, 5.74) is 0.663. The van der Waals surface area contributed by atoms with Crippen LogP contribution in [0.15, 0.2) is 23.2 Å². The molecule has 18 heavy (non-hydrogen) atoms. The highest BCUT2D eigenvalue weighted by Crippen LogP contribution is 2.36. The van der Waals surface area contributed by atoms with Gasteiger partial charge in [0.05, 0.1) is 11.8 Å². The zero-order valence-corrected chi connectivity index (χ0v) is 11.7. The van der Waals surface area contributed by atoms with Crippen molar-refractivity contribution in [2.24, 2.45) is 4.99 Å².